The lowest BCUT2D eigenvalue weighted by atomic mass is 10.1. The molecule has 0 saturated carbocycles. The normalized spacial score (nSPS) is 11.4. The first-order chi connectivity index (χ1) is 15.7. The monoisotopic (exact) mass is 477 g/mol. The Hall–Kier alpha value is -3.16. The molecule has 0 aliphatic heterocycles. The van der Waals surface area contributed by atoms with Crippen LogP contribution in [0.4, 0.5) is 17.1 Å². The lowest BCUT2D eigenvalue weighted by molar-refractivity contribution is -0.115. The lowest BCUT2D eigenvalue weighted by Crippen LogP contribution is -2.22. The first-order valence-corrected chi connectivity index (χ1v) is 11.8. The van der Waals surface area contributed by atoms with Crippen molar-refractivity contribution in [2.75, 3.05) is 16.0 Å². The number of anilines is 3. The fraction of sp³-hybridized carbons (Fsp3) is 0.192. The van der Waals surface area contributed by atoms with E-state index in [1.807, 2.05) is 69.3 Å². The minimum absolute atomic E-state index is 0.0217. The smallest absolute Gasteiger partial charge is 0.237 e. The summed E-state index contributed by atoms with van der Waals surface area (Å²) in [7, 11) is 0. The van der Waals surface area contributed by atoms with Crippen LogP contribution in [0, 0.1) is 13.8 Å². The molecule has 0 spiro atoms. The number of amides is 1. The summed E-state index contributed by atoms with van der Waals surface area (Å²) >= 11 is 6.89. The van der Waals surface area contributed by atoms with Crippen LogP contribution in [0.15, 0.2) is 71.6 Å². The first kappa shape index (κ1) is 24.5. The van der Waals surface area contributed by atoms with Gasteiger partial charge in [0.25, 0.3) is 0 Å². The van der Waals surface area contributed by atoms with Crippen LogP contribution in [0.1, 0.15) is 35.3 Å². The quantitative estimate of drug-likeness (QED) is 0.207. The van der Waals surface area contributed by atoms with E-state index in [-0.39, 0.29) is 16.9 Å². The van der Waals surface area contributed by atoms with Crippen molar-refractivity contribution in [3.8, 4) is 0 Å². The summed E-state index contributed by atoms with van der Waals surface area (Å²) in [6.45, 7) is 7.45. The Balaban J connectivity index is 1.57. The molecule has 3 N–H and O–H groups in total. The number of carbonyl (C=O) groups is 2. The number of nitrogens with one attached hydrogen (secondary N) is 3. The van der Waals surface area contributed by atoms with Gasteiger partial charge >= 0.3 is 0 Å². The molecule has 33 heavy (non-hydrogen) atoms. The molecule has 7 heteroatoms. The predicted molar refractivity (Wildman–Crippen MR) is 143 cm³/mol. The molecule has 1 unspecified atom stereocenters. The Morgan fingerprint density at radius 1 is 0.818 bits per heavy atom. The number of hydrogen-bond acceptors (Lipinski definition) is 4. The molecule has 3 aromatic rings. The van der Waals surface area contributed by atoms with Crippen molar-refractivity contribution in [2.45, 2.75) is 37.8 Å². The molecular formula is C26H27N3O2S2. The van der Waals surface area contributed by atoms with E-state index < -0.39 is 0 Å². The maximum atomic E-state index is 12.7. The Kier molecular flexibility index (Phi) is 8.25. The molecule has 170 valence electrons. The third-order valence-electron chi connectivity index (χ3n) is 4.81. The number of rotatable bonds is 7. The Morgan fingerprint density at radius 2 is 1.45 bits per heavy atom. The maximum absolute atomic E-state index is 12.7. The van der Waals surface area contributed by atoms with Crippen molar-refractivity contribution in [1.29, 1.82) is 0 Å². The van der Waals surface area contributed by atoms with Gasteiger partial charge in [-0.3, -0.25) is 9.59 Å². The zero-order valence-electron chi connectivity index (χ0n) is 19.1. The number of benzene rings is 3. The van der Waals surface area contributed by atoms with Gasteiger partial charge in [-0.1, -0.05) is 12.1 Å². The van der Waals surface area contributed by atoms with Gasteiger partial charge in [0.15, 0.2) is 10.9 Å². The molecule has 3 rings (SSSR count). The highest BCUT2D eigenvalue weighted by atomic mass is 32.2. The molecule has 0 heterocycles. The number of ketones is 1. The lowest BCUT2D eigenvalue weighted by Gasteiger charge is -2.15. The van der Waals surface area contributed by atoms with E-state index in [2.05, 4.69) is 22.0 Å². The zero-order valence-corrected chi connectivity index (χ0v) is 20.7. The topological polar surface area (TPSA) is 70.2 Å². The summed E-state index contributed by atoms with van der Waals surface area (Å²) < 4.78 is 0. The molecule has 5 nitrogen and oxygen atoms in total. The van der Waals surface area contributed by atoms with Crippen LogP contribution in [0.2, 0.25) is 0 Å². The summed E-state index contributed by atoms with van der Waals surface area (Å²) in [4.78, 5) is 25.0. The average Bonchev–Trinajstić information content (AvgIpc) is 2.73. The Bertz CT molecular complexity index is 1160. The summed E-state index contributed by atoms with van der Waals surface area (Å²) in [5.41, 5.74) is 5.31. The van der Waals surface area contributed by atoms with Gasteiger partial charge in [0.1, 0.15) is 0 Å². The highest BCUT2D eigenvalue weighted by Gasteiger charge is 2.15. The zero-order chi connectivity index (χ0) is 24.0. The van der Waals surface area contributed by atoms with Crippen LogP contribution in [-0.2, 0) is 4.79 Å². The van der Waals surface area contributed by atoms with Gasteiger partial charge in [-0.05, 0) is 106 Å². The molecule has 0 fully saturated rings. The second-order valence-electron chi connectivity index (χ2n) is 7.87. The third-order valence-corrected chi connectivity index (χ3v) is 6.11. The minimum atomic E-state index is -0.272. The Labute approximate surface area is 204 Å². The van der Waals surface area contributed by atoms with Crippen molar-refractivity contribution in [3.63, 3.8) is 0 Å². The molecular weight excluding hydrogens is 450 g/mol. The van der Waals surface area contributed by atoms with E-state index in [0.717, 1.165) is 33.1 Å². The molecule has 0 aromatic heterocycles. The highest BCUT2D eigenvalue weighted by molar-refractivity contribution is 8.00. The standard InChI is InChI=1S/C26H27N3O2S2/c1-16-12-17(2)14-23(13-16)27-25(31)19(4)33-24-7-5-6-22(15-24)29-26(32)28-21-10-8-20(9-11-21)18(3)30/h5-15,19H,1-4H3,(H,27,31)(H2,28,29,32). The van der Waals surface area contributed by atoms with E-state index in [1.54, 1.807) is 12.1 Å². The van der Waals surface area contributed by atoms with E-state index in [1.165, 1.54) is 18.7 Å². The number of carbonyl (C=O) groups excluding carboxylic acids is 2. The van der Waals surface area contributed by atoms with Gasteiger partial charge in [-0.15, -0.1) is 11.8 Å². The SMILES string of the molecule is CC(=O)c1ccc(NC(=S)Nc2cccc(SC(C)C(=O)Nc3cc(C)cc(C)c3)c2)cc1. The van der Waals surface area contributed by atoms with Gasteiger partial charge in [0, 0.05) is 27.5 Å². The summed E-state index contributed by atoms with van der Waals surface area (Å²) in [5.74, 6) is -0.0250. The molecule has 1 amide bonds. The molecule has 0 aliphatic carbocycles. The average molecular weight is 478 g/mol. The number of hydrogen-bond donors (Lipinski definition) is 3. The van der Waals surface area contributed by atoms with Crippen LogP contribution < -0.4 is 16.0 Å². The molecule has 0 aliphatic rings. The number of thiocarbonyl (C=S) groups is 1. The number of thioether (sulfide) groups is 1. The second kappa shape index (κ2) is 11.1. The van der Waals surface area contributed by atoms with Gasteiger partial charge in [-0.25, -0.2) is 0 Å². The van der Waals surface area contributed by atoms with E-state index in [4.69, 9.17) is 12.2 Å². The number of Topliss-reactive ketones (excluding diaryl/α,β-unsaturated/α-hetero) is 1. The molecule has 3 aromatic carbocycles. The van der Waals surface area contributed by atoms with E-state index in [9.17, 15) is 9.59 Å². The fourth-order valence-corrected chi connectivity index (χ4v) is 4.44. The highest BCUT2D eigenvalue weighted by Crippen LogP contribution is 2.27. The van der Waals surface area contributed by atoms with Crippen molar-refractivity contribution in [1.82, 2.24) is 0 Å². The summed E-state index contributed by atoms with van der Waals surface area (Å²) in [6.07, 6.45) is 0. The summed E-state index contributed by atoms with van der Waals surface area (Å²) in [6, 6.07) is 20.9. The second-order valence-corrected chi connectivity index (χ2v) is 9.69. The van der Waals surface area contributed by atoms with Crippen molar-refractivity contribution in [3.05, 3.63) is 83.4 Å². The fourth-order valence-electron chi connectivity index (χ4n) is 3.28. The predicted octanol–water partition coefficient (Wildman–Crippen LogP) is 6.43. The largest absolute Gasteiger partial charge is 0.332 e. The van der Waals surface area contributed by atoms with Crippen LogP contribution in [0.3, 0.4) is 0 Å². The van der Waals surface area contributed by atoms with Gasteiger partial charge < -0.3 is 16.0 Å². The minimum Gasteiger partial charge on any atom is -0.332 e. The molecule has 0 bridgehead atoms. The molecule has 1 atom stereocenters. The molecule has 0 radical (unpaired) electrons. The van der Waals surface area contributed by atoms with Gasteiger partial charge in [0.05, 0.1) is 5.25 Å². The molecule has 0 saturated heterocycles. The van der Waals surface area contributed by atoms with Crippen LogP contribution in [0.25, 0.3) is 0 Å². The number of aryl methyl sites for hydroxylation is 2. The van der Waals surface area contributed by atoms with E-state index in [0.29, 0.717) is 10.7 Å². The van der Waals surface area contributed by atoms with Crippen LogP contribution in [0.5, 0.6) is 0 Å². The van der Waals surface area contributed by atoms with Crippen LogP contribution >= 0.6 is 24.0 Å². The van der Waals surface area contributed by atoms with Crippen LogP contribution in [-0.4, -0.2) is 22.1 Å². The Morgan fingerprint density at radius 3 is 2.09 bits per heavy atom. The van der Waals surface area contributed by atoms with Crippen molar-refractivity contribution < 1.29 is 9.59 Å². The maximum Gasteiger partial charge on any atom is 0.237 e. The van der Waals surface area contributed by atoms with E-state index >= 15 is 0 Å². The van der Waals surface area contributed by atoms with Gasteiger partial charge in [-0.2, -0.15) is 0 Å². The van der Waals surface area contributed by atoms with Gasteiger partial charge in [0.2, 0.25) is 5.91 Å². The van der Waals surface area contributed by atoms with Crippen molar-refractivity contribution >= 4 is 57.8 Å². The summed E-state index contributed by atoms with van der Waals surface area (Å²) in [5, 5.41) is 9.44. The third kappa shape index (κ3) is 7.44. The first-order valence-electron chi connectivity index (χ1n) is 10.5. The van der Waals surface area contributed by atoms with Crippen molar-refractivity contribution in [2.24, 2.45) is 0 Å².